The van der Waals surface area contributed by atoms with Crippen molar-refractivity contribution in [1.29, 1.82) is 0 Å². The topological polar surface area (TPSA) is 65.4 Å². The molecule has 0 aliphatic heterocycles. The van der Waals surface area contributed by atoms with Crippen LogP contribution in [0.3, 0.4) is 0 Å². The van der Waals surface area contributed by atoms with Gasteiger partial charge in [-0.15, -0.1) is 0 Å². The number of nitrogens with zero attached hydrogens (tertiary/aromatic N) is 3. The zero-order valence-corrected chi connectivity index (χ0v) is 29.3. The van der Waals surface area contributed by atoms with Crippen molar-refractivity contribution in [3.05, 3.63) is 119 Å². The first-order chi connectivity index (χ1) is 23.3. The summed E-state index contributed by atoms with van der Waals surface area (Å²) in [4.78, 5) is 22.0. The normalized spacial score (nSPS) is 19.1. The van der Waals surface area contributed by atoms with Crippen molar-refractivity contribution in [2.45, 2.75) is 79.1 Å². The van der Waals surface area contributed by atoms with Crippen LogP contribution < -0.4 is 9.80 Å². The average Bonchev–Trinajstić information content (AvgIpc) is 3.12. The lowest BCUT2D eigenvalue weighted by molar-refractivity contribution is -0.145. The van der Waals surface area contributed by atoms with E-state index in [0.29, 0.717) is 5.57 Å². The molecule has 252 valence electrons. The van der Waals surface area contributed by atoms with Gasteiger partial charge in [-0.25, -0.2) is 4.79 Å². The molecule has 3 aromatic carbocycles. The molecular formula is C42H51N3O3. The molecule has 0 saturated heterocycles. The van der Waals surface area contributed by atoms with Crippen LogP contribution in [0.15, 0.2) is 96.0 Å². The number of hydrogen-bond donors (Lipinski definition) is 1. The van der Waals surface area contributed by atoms with E-state index in [4.69, 9.17) is 9.73 Å². The molecule has 0 heterocycles. The Kier molecular flexibility index (Phi) is 11.7. The summed E-state index contributed by atoms with van der Waals surface area (Å²) in [6.07, 6.45) is 7.64. The van der Waals surface area contributed by atoms with E-state index in [1.54, 1.807) is 6.92 Å². The van der Waals surface area contributed by atoms with E-state index in [-0.39, 0.29) is 24.7 Å². The van der Waals surface area contributed by atoms with Gasteiger partial charge in [0.25, 0.3) is 0 Å². The predicted octanol–water partition coefficient (Wildman–Crippen LogP) is 8.62. The highest BCUT2D eigenvalue weighted by atomic mass is 16.5. The summed E-state index contributed by atoms with van der Waals surface area (Å²) < 4.78 is 5.63. The second kappa shape index (κ2) is 16.1. The molecule has 0 aromatic heterocycles. The minimum Gasteiger partial charge on any atom is -0.459 e. The predicted molar refractivity (Wildman–Crippen MR) is 201 cm³/mol. The van der Waals surface area contributed by atoms with Crippen LogP contribution >= 0.6 is 0 Å². The van der Waals surface area contributed by atoms with Crippen molar-refractivity contribution in [2.75, 3.05) is 36.0 Å². The van der Waals surface area contributed by atoms with Crippen molar-refractivity contribution in [3.8, 4) is 0 Å². The Bertz CT molecular complexity index is 1690. The highest BCUT2D eigenvalue weighted by molar-refractivity contribution is 6.19. The smallest absolute Gasteiger partial charge is 0.333 e. The number of ether oxygens (including phenoxy) is 1. The SMILES string of the molecule is C=C(C)C(=O)OC1CCC(N=C2C=CC(=C(c3ccc(N(CC)CC)cc3)c3ccc(N(CC)CC)cc3CO)c3ccccc32)CC1. The Morgan fingerprint density at radius 1 is 0.833 bits per heavy atom. The molecule has 0 amide bonds. The standard InChI is InChI=1S/C42H51N3O3/c1-7-44(8-2)33-19-15-30(16-20-33)41(36-24-21-34(27-31(36)28-46)45(9-3)10-4)39-25-26-40(38-14-12-11-13-37(38)39)43-32-17-22-35(23-18-32)48-42(47)29(5)6/h11-16,19-21,24-27,32,35,46H,5,7-10,17-18,22-23,28H2,1-4,6H3. The highest BCUT2D eigenvalue weighted by Gasteiger charge is 2.26. The second-order valence-electron chi connectivity index (χ2n) is 12.7. The van der Waals surface area contributed by atoms with Crippen molar-refractivity contribution in [2.24, 2.45) is 4.99 Å². The van der Waals surface area contributed by atoms with Crippen LogP contribution in [0, 0.1) is 0 Å². The Morgan fingerprint density at radius 3 is 2.04 bits per heavy atom. The molecule has 1 saturated carbocycles. The zero-order valence-electron chi connectivity index (χ0n) is 29.3. The van der Waals surface area contributed by atoms with Crippen LogP contribution in [0.4, 0.5) is 11.4 Å². The molecule has 0 spiro atoms. The third kappa shape index (κ3) is 7.65. The number of rotatable bonds is 12. The Balaban J connectivity index is 1.59. The summed E-state index contributed by atoms with van der Waals surface area (Å²) in [6, 6.07) is 24.0. The third-order valence-corrected chi connectivity index (χ3v) is 9.70. The summed E-state index contributed by atoms with van der Waals surface area (Å²) in [5, 5.41) is 10.7. The highest BCUT2D eigenvalue weighted by Crippen LogP contribution is 2.40. The number of allylic oxidation sites excluding steroid dienone is 3. The number of aliphatic hydroxyl groups excluding tert-OH is 1. The van der Waals surface area contributed by atoms with Gasteiger partial charge in [-0.3, -0.25) is 4.99 Å². The lowest BCUT2D eigenvalue weighted by Crippen LogP contribution is -2.27. The molecule has 0 unspecified atom stereocenters. The maximum absolute atomic E-state index is 12.0. The van der Waals surface area contributed by atoms with Gasteiger partial charge < -0.3 is 19.6 Å². The molecular weight excluding hydrogens is 594 g/mol. The van der Waals surface area contributed by atoms with E-state index in [9.17, 15) is 9.90 Å². The third-order valence-electron chi connectivity index (χ3n) is 9.70. The van der Waals surface area contributed by atoms with Crippen LogP contribution in [0.25, 0.3) is 11.1 Å². The fourth-order valence-electron chi connectivity index (χ4n) is 6.98. The molecule has 5 rings (SSSR count). The number of benzene rings is 3. The monoisotopic (exact) mass is 645 g/mol. The molecule has 3 aromatic rings. The summed E-state index contributed by atoms with van der Waals surface area (Å²) in [7, 11) is 0. The first-order valence-corrected chi connectivity index (χ1v) is 17.6. The number of hydrogen-bond acceptors (Lipinski definition) is 6. The van der Waals surface area contributed by atoms with Gasteiger partial charge in [0.1, 0.15) is 6.10 Å². The van der Waals surface area contributed by atoms with Gasteiger partial charge in [-0.1, -0.05) is 55.1 Å². The van der Waals surface area contributed by atoms with Gasteiger partial charge in [0, 0.05) is 48.7 Å². The van der Waals surface area contributed by atoms with Crippen molar-refractivity contribution < 1.29 is 14.6 Å². The summed E-state index contributed by atoms with van der Waals surface area (Å²) in [6.45, 7) is 17.7. The van der Waals surface area contributed by atoms with Crippen LogP contribution in [0.1, 0.15) is 88.1 Å². The molecule has 0 bridgehead atoms. The van der Waals surface area contributed by atoms with E-state index in [1.807, 2.05) is 0 Å². The molecule has 48 heavy (non-hydrogen) atoms. The van der Waals surface area contributed by atoms with Gasteiger partial charge in [-0.05, 0) is 124 Å². The Labute approximate surface area is 287 Å². The number of aliphatic imine (C=N–C) groups is 1. The van der Waals surface area contributed by atoms with Crippen LogP contribution in [-0.2, 0) is 16.1 Å². The minimum absolute atomic E-state index is 0.0544. The van der Waals surface area contributed by atoms with Gasteiger partial charge in [0.15, 0.2) is 0 Å². The van der Waals surface area contributed by atoms with Crippen LogP contribution in [-0.4, -0.2) is 55.1 Å². The maximum atomic E-state index is 12.0. The largest absolute Gasteiger partial charge is 0.459 e. The van der Waals surface area contributed by atoms with Crippen molar-refractivity contribution in [1.82, 2.24) is 0 Å². The van der Waals surface area contributed by atoms with Crippen molar-refractivity contribution >= 4 is 34.2 Å². The van der Waals surface area contributed by atoms with E-state index < -0.39 is 0 Å². The first-order valence-electron chi connectivity index (χ1n) is 17.6. The molecule has 0 radical (unpaired) electrons. The van der Waals surface area contributed by atoms with E-state index >= 15 is 0 Å². The van der Waals surface area contributed by atoms with E-state index in [2.05, 4.69) is 123 Å². The molecule has 2 aliphatic carbocycles. The lowest BCUT2D eigenvalue weighted by atomic mass is 9.82. The fraction of sp³-hybridized carbons (Fsp3) is 0.381. The van der Waals surface area contributed by atoms with Gasteiger partial charge in [0.2, 0.25) is 0 Å². The summed E-state index contributed by atoms with van der Waals surface area (Å²) >= 11 is 0. The van der Waals surface area contributed by atoms with Crippen LogP contribution in [0.5, 0.6) is 0 Å². The molecule has 1 fully saturated rings. The summed E-state index contributed by atoms with van der Waals surface area (Å²) in [5.41, 5.74) is 11.2. The lowest BCUT2D eigenvalue weighted by Gasteiger charge is -2.28. The van der Waals surface area contributed by atoms with E-state index in [0.717, 1.165) is 102 Å². The van der Waals surface area contributed by atoms with Gasteiger partial charge in [-0.2, -0.15) is 0 Å². The minimum atomic E-state index is -0.307. The molecule has 6 heteroatoms. The number of esters is 1. The zero-order chi connectivity index (χ0) is 34.2. The number of aliphatic hydroxyl groups is 1. The number of anilines is 2. The van der Waals surface area contributed by atoms with Gasteiger partial charge >= 0.3 is 5.97 Å². The molecule has 1 N–H and O–H groups in total. The number of carbonyl (C=O) groups excluding carboxylic acids is 1. The van der Waals surface area contributed by atoms with Crippen molar-refractivity contribution in [3.63, 3.8) is 0 Å². The number of carbonyl (C=O) groups is 1. The Morgan fingerprint density at radius 2 is 1.44 bits per heavy atom. The fourth-order valence-corrected chi connectivity index (χ4v) is 6.98. The molecule has 2 aliphatic rings. The summed E-state index contributed by atoms with van der Waals surface area (Å²) in [5.74, 6) is -0.307. The van der Waals surface area contributed by atoms with E-state index in [1.165, 1.54) is 5.69 Å². The first kappa shape index (κ1) is 34.9. The maximum Gasteiger partial charge on any atom is 0.333 e. The molecule has 0 atom stereocenters. The average molecular weight is 646 g/mol. The van der Waals surface area contributed by atoms with Crippen LogP contribution in [0.2, 0.25) is 0 Å². The number of fused-ring (bicyclic) bond motifs is 1. The second-order valence-corrected chi connectivity index (χ2v) is 12.7. The quantitative estimate of drug-likeness (QED) is 0.158. The Hall–Kier alpha value is -4.42. The van der Waals surface area contributed by atoms with Gasteiger partial charge in [0.05, 0.1) is 18.4 Å². The molecule has 6 nitrogen and oxygen atoms in total.